The van der Waals surface area contributed by atoms with Gasteiger partial charge in [0.1, 0.15) is 23.8 Å². The van der Waals surface area contributed by atoms with Gasteiger partial charge in [0.25, 0.3) is 0 Å². The van der Waals surface area contributed by atoms with E-state index in [0.29, 0.717) is 10.4 Å². The number of benzene rings is 2. The fraction of sp³-hybridized carbons (Fsp3) is 0.143. The largest absolute Gasteiger partial charge is 0.499 e. The number of hydrogen-bond acceptors (Lipinski definition) is 5. The molecule has 1 heterocycles. The van der Waals surface area contributed by atoms with Crippen molar-refractivity contribution in [1.82, 2.24) is 4.98 Å². The maximum absolute atomic E-state index is 9.09. The first kappa shape index (κ1) is 20.2. The Morgan fingerprint density at radius 3 is 2.07 bits per heavy atom. The Balaban J connectivity index is 0.000000198. The van der Waals surface area contributed by atoms with Crippen LogP contribution in [0.15, 0.2) is 36.4 Å². The van der Waals surface area contributed by atoms with Crippen LogP contribution in [0.1, 0.15) is 14.8 Å². The quantitative estimate of drug-likeness (QED) is 0.403. The van der Waals surface area contributed by atoms with Crippen molar-refractivity contribution in [2.24, 2.45) is 0 Å². The van der Waals surface area contributed by atoms with Gasteiger partial charge < -0.3 is 5.11 Å². The van der Waals surface area contributed by atoms with E-state index in [2.05, 4.69) is 37.9 Å². The zero-order valence-corrected chi connectivity index (χ0v) is 17.4. The van der Waals surface area contributed by atoms with Gasteiger partial charge in [-0.15, -0.1) is 0 Å². The molecule has 0 unspecified atom stereocenters. The van der Waals surface area contributed by atoms with E-state index in [4.69, 9.17) is 20.9 Å². The first-order valence-corrected chi connectivity index (χ1v) is 10.3. The van der Waals surface area contributed by atoms with Crippen molar-refractivity contribution in [2.75, 3.05) is 0 Å². The Bertz CT molecular complexity index is 1210. The number of rotatable bonds is 0. The van der Waals surface area contributed by atoms with Gasteiger partial charge in [0, 0.05) is 10.4 Å². The van der Waals surface area contributed by atoms with Gasteiger partial charge in [-0.1, -0.05) is 12.1 Å². The van der Waals surface area contributed by atoms with Crippen LogP contribution in [0, 0.1) is 54.8 Å². The minimum absolute atomic E-state index is 0.00185. The molecular formula is C21H16N4OTe. The second-order valence-electron chi connectivity index (χ2n) is 5.80. The topological polar surface area (TPSA) is 104 Å². The van der Waals surface area contributed by atoms with E-state index >= 15 is 0 Å². The van der Waals surface area contributed by atoms with Crippen LogP contribution in [0.25, 0.3) is 20.3 Å². The van der Waals surface area contributed by atoms with Crippen molar-refractivity contribution < 1.29 is 5.11 Å². The van der Waals surface area contributed by atoms with Crippen LogP contribution in [-0.4, -0.2) is 30.5 Å². The molecule has 1 aromatic heterocycles. The Morgan fingerprint density at radius 1 is 0.926 bits per heavy atom. The normalized spacial score (nSPS) is 9.33. The minimum atomic E-state index is -0.392. The van der Waals surface area contributed by atoms with Crippen LogP contribution in [0.3, 0.4) is 0 Å². The molecule has 0 spiro atoms. The van der Waals surface area contributed by atoms with Crippen molar-refractivity contribution in [2.45, 2.75) is 20.8 Å². The predicted molar refractivity (Wildman–Crippen MR) is 105 cm³/mol. The van der Waals surface area contributed by atoms with Gasteiger partial charge in [-0.3, -0.25) is 0 Å². The molecular weight excluding hydrogens is 452 g/mol. The molecule has 0 atom stereocenters. The number of hydrogen-bond donors (Lipinski definition) is 1. The Morgan fingerprint density at radius 2 is 1.52 bits per heavy atom. The van der Waals surface area contributed by atoms with E-state index < -0.39 is 5.76 Å². The number of nitriles is 3. The summed E-state index contributed by atoms with van der Waals surface area (Å²) in [5, 5.41) is 35.5. The van der Waals surface area contributed by atoms with E-state index in [0.717, 1.165) is 0 Å². The number of aromatic nitrogens is 1. The summed E-state index contributed by atoms with van der Waals surface area (Å²) in [5.74, 6) is -0.392. The summed E-state index contributed by atoms with van der Waals surface area (Å²) in [5.41, 5.74) is 3.98. The maximum atomic E-state index is 9.09. The van der Waals surface area contributed by atoms with Gasteiger partial charge in [-0.05, 0) is 12.1 Å². The molecule has 3 rings (SSSR count). The molecule has 0 bridgehead atoms. The number of aliphatic hydroxyl groups excluding tert-OH is 1. The average molecular weight is 468 g/mol. The van der Waals surface area contributed by atoms with E-state index in [1.54, 1.807) is 18.2 Å². The molecule has 0 aliphatic rings. The zero-order chi connectivity index (χ0) is 20.0. The number of fused-ring (bicyclic) bond motifs is 1. The Hall–Kier alpha value is -3.09. The molecule has 3 aromatic rings. The Kier molecular flexibility index (Phi) is 6.76. The van der Waals surface area contributed by atoms with Gasteiger partial charge >= 0.3 is 82.1 Å². The molecule has 0 radical (unpaired) electrons. The molecule has 0 fully saturated rings. The van der Waals surface area contributed by atoms with Crippen molar-refractivity contribution in [1.29, 1.82) is 15.8 Å². The average Bonchev–Trinajstić information content (AvgIpc) is 3.04. The number of nitrogens with zero attached hydrogens (tertiary/aromatic N) is 4. The van der Waals surface area contributed by atoms with Crippen molar-refractivity contribution in [3.05, 3.63) is 61.7 Å². The van der Waals surface area contributed by atoms with E-state index in [1.165, 1.54) is 48.0 Å². The first-order valence-electron chi connectivity index (χ1n) is 7.98. The van der Waals surface area contributed by atoms with E-state index in [9.17, 15) is 0 Å². The van der Waals surface area contributed by atoms with E-state index in [1.807, 2.05) is 0 Å². The molecule has 27 heavy (non-hydrogen) atoms. The van der Waals surface area contributed by atoms with Gasteiger partial charge in [0.15, 0.2) is 0 Å². The molecule has 0 saturated carbocycles. The maximum Gasteiger partial charge on any atom is 0.201 e. The molecule has 0 aliphatic carbocycles. The van der Waals surface area contributed by atoms with Crippen molar-refractivity contribution >= 4 is 40.7 Å². The van der Waals surface area contributed by atoms with Gasteiger partial charge in [0.2, 0.25) is 5.76 Å². The third-order valence-corrected chi connectivity index (χ3v) is 6.33. The summed E-state index contributed by atoms with van der Waals surface area (Å²) >= 11 is -0.0990. The minimum Gasteiger partial charge on any atom is -0.499 e. The summed E-state index contributed by atoms with van der Waals surface area (Å²) in [6.45, 7) is 6.46. The fourth-order valence-corrected chi connectivity index (χ4v) is 5.36. The summed E-state index contributed by atoms with van der Waals surface area (Å²) in [7, 11) is 0. The molecule has 0 amide bonds. The van der Waals surface area contributed by atoms with Crippen LogP contribution in [-0.2, 0) is 0 Å². The third-order valence-electron chi connectivity index (χ3n) is 3.71. The molecule has 6 heteroatoms. The predicted octanol–water partition coefficient (Wildman–Crippen LogP) is 2.29. The monoisotopic (exact) mass is 470 g/mol. The molecule has 1 N–H and O–H groups in total. The Labute approximate surface area is 167 Å². The van der Waals surface area contributed by atoms with Crippen LogP contribution >= 0.6 is 0 Å². The molecule has 0 aliphatic heterocycles. The van der Waals surface area contributed by atoms with Gasteiger partial charge in [-0.25, -0.2) is 0 Å². The summed E-state index contributed by atoms with van der Waals surface area (Å²) in [4.78, 5) is 4.57. The van der Waals surface area contributed by atoms with Crippen LogP contribution in [0.4, 0.5) is 0 Å². The second kappa shape index (κ2) is 9.02. The summed E-state index contributed by atoms with van der Waals surface area (Å²) in [6.07, 6.45) is 0. The van der Waals surface area contributed by atoms with Crippen LogP contribution in [0.5, 0.6) is 0 Å². The third kappa shape index (κ3) is 4.97. The SMILES string of the molecule is Cc1cc(C)c2nc(C)[te]c2c1.N#CC(O)=c1ccc(=C(C#N)C#N)cc1. The summed E-state index contributed by atoms with van der Waals surface area (Å²) in [6, 6.07) is 15.6. The van der Waals surface area contributed by atoms with Gasteiger partial charge in [0.05, 0.1) is 0 Å². The smallest absolute Gasteiger partial charge is 0.201 e. The number of aryl methyl sites for hydroxylation is 3. The summed E-state index contributed by atoms with van der Waals surface area (Å²) < 4.78 is 2.89. The van der Waals surface area contributed by atoms with Crippen LogP contribution < -0.4 is 10.4 Å². The second-order valence-corrected chi connectivity index (χ2v) is 9.32. The molecule has 2 aromatic carbocycles. The molecule has 5 nitrogen and oxygen atoms in total. The molecule has 0 saturated heterocycles. The van der Waals surface area contributed by atoms with E-state index in [-0.39, 0.29) is 26.0 Å². The van der Waals surface area contributed by atoms with Crippen molar-refractivity contribution in [3.8, 4) is 18.2 Å². The van der Waals surface area contributed by atoms with Gasteiger partial charge in [-0.2, -0.15) is 15.8 Å². The van der Waals surface area contributed by atoms with Crippen LogP contribution in [0.2, 0.25) is 0 Å². The fourth-order valence-electron chi connectivity index (χ4n) is 2.49. The van der Waals surface area contributed by atoms with Crippen molar-refractivity contribution in [3.63, 3.8) is 0 Å². The first-order chi connectivity index (χ1) is 12.9. The number of aliphatic hydroxyl groups is 1. The molecule has 132 valence electrons. The zero-order valence-electron chi connectivity index (χ0n) is 15.1. The standard InChI is InChI=1S/C11H5N3O.C10H11NTe/c12-5-10(6-13)8-1-3-9(4-2-8)11(15)7-14;1-6-4-7(2)10-9(5-6)12-8(3)11-10/h1-4,15H;4-5H,1-3H3.